The van der Waals surface area contributed by atoms with E-state index in [9.17, 15) is 14.9 Å². The zero-order valence-electron chi connectivity index (χ0n) is 14.5. The van der Waals surface area contributed by atoms with Crippen molar-refractivity contribution in [3.8, 4) is 11.5 Å². The van der Waals surface area contributed by atoms with Crippen LogP contribution in [0.3, 0.4) is 0 Å². The fraction of sp³-hybridized carbons (Fsp3) is 0.588. The second-order valence-electron chi connectivity index (χ2n) is 6.53. The Morgan fingerprint density at radius 1 is 1.16 bits per heavy atom. The maximum Gasteiger partial charge on any atom is 0.286 e. The third-order valence-corrected chi connectivity index (χ3v) is 5.24. The number of rotatable bonds is 4. The van der Waals surface area contributed by atoms with Gasteiger partial charge in [0.25, 0.3) is 11.6 Å². The van der Waals surface area contributed by atoms with Gasteiger partial charge in [0.05, 0.1) is 25.2 Å². The van der Waals surface area contributed by atoms with E-state index in [1.165, 1.54) is 26.4 Å². The third-order valence-electron chi connectivity index (χ3n) is 5.24. The Kier molecular flexibility index (Phi) is 5.08. The van der Waals surface area contributed by atoms with Crippen molar-refractivity contribution in [3.63, 3.8) is 0 Å². The zero-order valence-corrected chi connectivity index (χ0v) is 14.5. The van der Waals surface area contributed by atoms with Crippen LogP contribution in [0.15, 0.2) is 12.1 Å². The molecule has 0 aliphatic carbocycles. The van der Waals surface area contributed by atoms with E-state index in [4.69, 9.17) is 9.47 Å². The van der Waals surface area contributed by atoms with Gasteiger partial charge in [-0.1, -0.05) is 0 Å². The largest absolute Gasteiger partial charge is 0.493 e. The smallest absolute Gasteiger partial charge is 0.286 e. The number of carbonyl (C=O) groups excluding carboxylic acids is 1. The van der Waals surface area contributed by atoms with E-state index in [0.29, 0.717) is 30.7 Å². The minimum absolute atomic E-state index is 0.0489. The van der Waals surface area contributed by atoms with Crippen LogP contribution >= 0.6 is 0 Å². The van der Waals surface area contributed by atoms with Gasteiger partial charge in [0.1, 0.15) is 5.56 Å². The van der Waals surface area contributed by atoms with E-state index in [0.717, 1.165) is 25.9 Å². The highest BCUT2D eigenvalue weighted by atomic mass is 16.6. The predicted octanol–water partition coefficient (Wildman–Crippen LogP) is 1.68. The molecule has 2 fully saturated rings. The molecule has 1 aromatic rings. The first-order chi connectivity index (χ1) is 12.0. The summed E-state index contributed by atoms with van der Waals surface area (Å²) in [5.41, 5.74) is -0.207. The molecule has 1 amide bonds. The highest BCUT2D eigenvalue weighted by Gasteiger charge is 2.34. The Morgan fingerprint density at radius 2 is 1.72 bits per heavy atom. The molecule has 8 heteroatoms. The summed E-state index contributed by atoms with van der Waals surface area (Å²) < 4.78 is 10.3. The molecule has 1 aromatic carbocycles. The third kappa shape index (κ3) is 3.39. The second-order valence-corrected chi connectivity index (χ2v) is 6.53. The number of hydrogen-bond donors (Lipinski definition) is 1. The first-order valence-electron chi connectivity index (χ1n) is 8.45. The van der Waals surface area contributed by atoms with E-state index < -0.39 is 4.92 Å². The van der Waals surface area contributed by atoms with Gasteiger partial charge in [-0.2, -0.15) is 0 Å². The van der Waals surface area contributed by atoms with Gasteiger partial charge in [-0.25, -0.2) is 0 Å². The lowest BCUT2D eigenvalue weighted by atomic mass is 9.92. The maximum atomic E-state index is 13.0. The number of nitro groups is 1. The monoisotopic (exact) mass is 349 g/mol. The summed E-state index contributed by atoms with van der Waals surface area (Å²) >= 11 is 0. The van der Waals surface area contributed by atoms with E-state index in [1.807, 2.05) is 0 Å². The van der Waals surface area contributed by atoms with Gasteiger partial charge < -0.3 is 19.7 Å². The molecular weight excluding hydrogens is 326 g/mol. The number of benzene rings is 1. The van der Waals surface area contributed by atoms with E-state index in [-0.39, 0.29) is 22.9 Å². The first-order valence-corrected chi connectivity index (χ1v) is 8.45. The Bertz CT molecular complexity index is 664. The topological polar surface area (TPSA) is 93.9 Å². The summed E-state index contributed by atoms with van der Waals surface area (Å²) in [5, 5.41) is 14.8. The Morgan fingerprint density at radius 3 is 2.24 bits per heavy atom. The van der Waals surface area contributed by atoms with E-state index >= 15 is 0 Å². The molecule has 8 nitrogen and oxygen atoms in total. The summed E-state index contributed by atoms with van der Waals surface area (Å²) in [6.07, 6.45) is 1.84. The van der Waals surface area contributed by atoms with Gasteiger partial charge in [0, 0.05) is 19.2 Å². The van der Waals surface area contributed by atoms with Gasteiger partial charge in [0.15, 0.2) is 11.5 Å². The number of nitrogens with zero attached hydrogens (tertiary/aromatic N) is 2. The molecule has 0 spiro atoms. The van der Waals surface area contributed by atoms with E-state index in [2.05, 4.69) is 5.32 Å². The highest BCUT2D eigenvalue weighted by molar-refractivity contribution is 5.99. The van der Waals surface area contributed by atoms with Gasteiger partial charge in [0.2, 0.25) is 0 Å². The molecule has 25 heavy (non-hydrogen) atoms. The Hall–Kier alpha value is -2.35. The average Bonchev–Trinajstić information content (AvgIpc) is 2.98. The molecule has 0 radical (unpaired) electrons. The van der Waals surface area contributed by atoms with Crippen LogP contribution in [0.4, 0.5) is 5.69 Å². The quantitative estimate of drug-likeness (QED) is 0.657. The first kappa shape index (κ1) is 17.5. The number of nitrogens with one attached hydrogen (secondary N) is 1. The fourth-order valence-corrected chi connectivity index (χ4v) is 3.78. The molecule has 1 N–H and O–H groups in total. The van der Waals surface area contributed by atoms with Crippen LogP contribution in [0.1, 0.15) is 23.2 Å². The Labute approximate surface area is 146 Å². The van der Waals surface area contributed by atoms with Crippen molar-refractivity contribution in [1.82, 2.24) is 10.2 Å². The van der Waals surface area contributed by atoms with Crippen molar-refractivity contribution in [2.45, 2.75) is 12.8 Å². The second kappa shape index (κ2) is 7.26. The predicted molar refractivity (Wildman–Crippen MR) is 91.2 cm³/mol. The summed E-state index contributed by atoms with van der Waals surface area (Å²) in [5.74, 6) is 1.39. The number of fused-ring (bicyclic) bond motifs is 1. The SMILES string of the molecule is COc1cc(C(=O)N2CC[C@@H]3CNC[C@@H]3CC2)c([N+](=O)[O-])cc1OC. The molecule has 2 saturated heterocycles. The van der Waals surface area contributed by atoms with Crippen LogP contribution in [0.2, 0.25) is 0 Å². The summed E-state index contributed by atoms with van der Waals surface area (Å²) in [6, 6.07) is 2.66. The number of methoxy groups -OCH3 is 2. The number of nitro benzene ring substituents is 1. The zero-order chi connectivity index (χ0) is 18.0. The lowest BCUT2D eigenvalue weighted by Crippen LogP contribution is -2.33. The lowest BCUT2D eigenvalue weighted by molar-refractivity contribution is -0.385. The summed E-state index contributed by atoms with van der Waals surface area (Å²) in [4.78, 5) is 25.6. The number of hydrogen-bond acceptors (Lipinski definition) is 6. The minimum atomic E-state index is -0.550. The van der Waals surface area contributed by atoms with Crippen molar-refractivity contribution in [3.05, 3.63) is 27.8 Å². The van der Waals surface area contributed by atoms with Gasteiger partial charge in [-0.15, -0.1) is 0 Å². The molecule has 0 unspecified atom stereocenters. The Balaban J connectivity index is 1.89. The number of ether oxygens (including phenoxy) is 2. The number of amides is 1. The molecule has 0 saturated carbocycles. The van der Waals surface area contributed by atoms with Crippen molar-refractivity contribution in [2.75, 3.05) is 40.4 Å². The fourth-order valence-electron chi connectivity index (χ4n) is 3.78. The van der Waals surface area contributed by atoms with Crippen molar-refractivity contribution >= 4 is 11.6 Å². The molecular formula is C17H23N3O5. The molecule has 2 aliphatic heterocycles. The molecule has 136 valence electrons. The standard InChI is InChI=1S/C17H23N3O5/c1-24-15-7-13(14(20(22)23)8-16(15)25-2)17(21)19-5-3-11-9-18-10-12(11)4-6-19/h7-8,11-12,18H,3-6,9-10H2,1-2H3/t11-,12+. The summed E-state index contributed by atoms with van der Waals surface area (Å²) in [7, 11) is 2.85. The van der Waals surface area contributed by atoms with Crippen LogP contribution in [0, 0.1) is 22.0 Å². The van der Waals surface area contributed by atoms with Crippen LogP contribution in [-0.4, -0.2) is 56.1 Å². The molecule has 2 heterocycles. The number of carbonyl (C=O) groups is 1. The van der Waals surface area contributed by atoms with Crippen LogP contribution in [0.5, 0.6) is 11.5 Å². The molecule has 3 rings (SSSR count). The normalized spacial score (nSPS) is 22.9. The summed E-state index contributed by atoms with van der Waals surface area (Å²) in [6.45, 7) is 3.22. The maximum absolute atomic E-state index is 13.0. The van der Waals surface area contributed by atoms with Gasteiger partial charge in [-0.05, 0) is 37.8 Å². The van der Waals surface area contributed by atoms with Crippen molar-refractivity contribution in [1.29, 1.82) is 0 Å². The molecule has 0 aromatic heterocycles. The highest BCUT2D eigenvalue weighted by Crippen LogP contribution is 2.36. The van der Waals surface area contributed by atoms with Crippen LogP contribution in [0.25, 0.3) is 0 Å². The van der Waals surface area contributed by atoms with Crippen LogP contribution < -0.4 is 14.8 Å². The van der Waals surface area contributed by atoms with E-state index in [1.54, 1.807) is 4.90 Å². The van der Waals surface area contributed by atoms with Crippen LogP contribution in [-0.2, 0) is 0 Å². The van der Waals surface area contributed by atoms with Crippen molar-refractivity contribution in [2.24, 2.45) is 11.8 Å². The number of likely N-dealkylation sites (tertiary alicyclic amines) is 1. The lowest BCUT2D eigenvalue weighted by Gasteiger charge is -2.21. The van der Waals surface area contributed by atoms with Gasteiger partial charge >= 0.3 is 0 Å². The van der Waals surface area contributed by atoms with Gasteiger partial charge in [-0.3, -0.25) is 14.9 Å². The molecule has 2 aliphatic rings. The average molecular weight is 349 g/mol. The minimum Gasteiger partial charge on any atom is -0.493 e. The van der Waals surface area contributed by atoms with Crippen molar-refractivity contribution < 1.29 is 19.2 Å². The molecule has 2 atom stereocenters. The molecule has 0 bridgehead atoms.